The summed E-state index contributed by atoms with van der Waals surface area (Å²) >= 11 is 0. The van der Waals surface area contributed by atoms with Crippen molar-refractivity contribution in [2.75, 3.05) is 6.54 Å². The van der Waals surface area contributed by atoms with E-state index in [9.17, 15) is 4.39 Å². The fraction of sp³-hybridized carbons (Fsp3) is 0.357. The van der Waals surface area contributed by atoms with E-state index in [1.54, 1.807) is 10.7 Å². The van der Waals surface area contributed by atoms with Crippen LogP contribution < -0.4 is 5.32 Å². The average molecular weight is 247 g/mol. The number of benzene rings is 1. The first kappa shape index (κ1) is 12.8. The van der Waals surface area contributed by atoms with E-state index >= 15 is 0 Å². The van der Waals surface area contributed by atoms with E-state index < -0.39 is 0 Å². The SMILES string of the molecule is CCNC(Cc1cnn(C)c1)c1ccccc1F. The highest BCUT2D eigenvalue weighted by molar-refractivity contribution is 5.23. The molecule has 1 heterocycles. The Bertz CT molecular complexity index is 507. The number of nitrogens with one attached hydrogen (secondary N) is 1. The second-order valence-corrected chi connectivity index (χ2v) is 4.36. The molecule has 0 fully saturated rings. The molecule has 0 saturated carbocycles. The van der Waals surface area contributed by atoms with E-state index in [4.69, 9.17) is 0 Å². The molecule has 1 atom stereocenters. The van der Waals surface area contributed by atoms with Gasteiger partial charge in [-0.15, -0.1) is 0 Å². The molecule has 0 radical (unpaired) electrons. The molecule has 0 amide bonds. The molecule has 0 spiro atoms. The first-order chi connectivity index (χ1) is 8.70. The van der Waals surface area contributed by atoms with Gasteiger partial charge in [-0.3, -0.25) is 4.68 Å². The maximum Gasteiger partial charge on any atom is 0.127 e. The zero-order valence-corrected chi connectivity index (χ0v) is 10.7. The molecule has 0 aliphatic heterocycles. The van der Waals surface area contributed by atoms with Crippen molar-refractivity contribution in [3.63, 3.8) is 0 Å². The summed E-state index contributed by atoms with van der Waals surface area (Å²) in [6.45, 7) is 2.83. The van der Waals surface area contributed by atoms with Gasteiger partial charge in [-0.05, 0) is 24.6 Å². The third kappa shape index (κ3) is 2.96. The molecule has 4 heteroatoms. The van der Waals surface area contributed by atoms with E-state index in [1.165, 1.54) is 6.07 Å². The second-order valence-electron chi connectivity index (χ2n) is 4.36. The predicted octanol–water partition coefficient (Wildman–Crippen LogP) is 2.45. The third-order valence-electron chi connectivity index (χ3n) is 2.93. The smallest absolute Gasteiger partial charge is 0.127 e. The molecule has 2 aromatic rings. The van der Waals surface area contributed by atoms with Crippen LogP contribution >= 0.6 is 0 Å². The number of rotatable bonds is 5. The molecular formula is C14H18FN3. The van der Waals surface area contributed by atoms with Gasteiger partial charge in [0.25, 0.3) is 0 Å². The van der Waals surface area contributed by atoms with Gasteiger partial charge in [0.05, 0.1) is 6.20 Å². The Morgan fingerprint density at radius 3 is 2.78 bits per heavy atom. The molecule has 3 nitrogen and oxygen atoms in total. The lowest BCUT2D eigenvalue weighted by Crippen LogP contribution is -2.23. The Balaban J connectivity index is 2.20. The highest BCUT2D eigenvalue weighted by Gasteiger charge is 2.15. The van der Waals surface area contributed by atoms with Crippen LogP contribution in [0.25, 0.3) is 0 Å². The van der Waals surface area contributed by atoms with Crippen LogP contribution in [0.3, 0.4) is 0 Å². The third-order valence-corrected chi connectivity index (χ3v) is 2.93. The van der Waals surface area contributed by atoms with Crippen LogP contribution in [0.15, 0.2) is 36.7 Å². The number of hydrogen-bond donors (Lipinski definition) is 1. The number of hydrogen-bond acceptors (Lipinski definition) is 2. The van der Waals surface area contributed by atoms with Gasteiger partial charge in [-0.25, -0.2) is 4.39 Å². The molecule has 1 aromatic heterocycles. The van der Waals surface area contributed by atoms with Crippen molar-refractivity contribution in [3.05, 3.63) is 53.6 Å². The lowest BCUT2D eigenvalue weighted by Gasteiger charge is -2.18. The van der Waals surface area contributed by atoms with Gasteiger partial charge >= 0.3 is 0 Å². The fourth-order valence-electron chi connectivity index (χ4n) is 2.11. The van der Waals surface area contributed by atoms with Crippen molar-refractivity contribution in [2.24, 2.45) is 7.05 Å². The summed E-state index contributed by atoms with van der Waals surface area (Å²) in [5.41, 5.74) is 1.81. The summed E-state index contributed by atoms with van der Waals surface area (Å²) in [6.07, 6.45) is 4.53. The van der Waals surface area contributed by atoms with Crippen LogP contribution in [0.5, 0.6) is 0 Å². The van der Waals surface area contributed by atoms with E-state index in [-0.39, 0.29) is 11.9 Å². The average Bonchev–Trinajstić information content (AvgIpc) is 2.75. The Labute approximate surface area is 107 Å². The van der Waals surface area contributed by atoms with Crippen molar-refractivity contribution in [1.82, 2.24) is 15.1 Å². The van der Waals surface area contributed by atoms with E-state index in [2.05, 4.69) is 10.4 Å². The van der Waals surface area contributed by atoms with Gasteiger partial charge in [-0.1, -0.05) is 25.1 Å². The molecular weight excluding hydrogens is 229 g/mol. The van der Waals surface area contributed by atoms with E-state index in [0.717, 1.165) is 18.5 Å². The Morgan fingerprint density at radius 2 is 2.17 bits per heavy atom. The largest absolute Gasteiger partial charge is 0.310 e. The van der Waals surface area contributed by atoms with Crippen molar-refractivity contribution in [2.45, 2.75) is 19.4 Å². The Morgan fingerprint density at radius 1 is 1.39 bits per heavy atom. The summed E-state index contributed by atoms with van der Waals surface area (Å²) in [6, 6.07) is 6.90. The van der Waals surface area contributed by atoms with Gasteiger partial charge in [0.15, 0.2) is 0 Å². The monoisotopic (exact) mass is 247 g/mol. The number of aromatic nitrogens is 2. The van der Waals surface area contributed by atoms with Crippen molar-refractivity contribution < 1.29 is 4.39 Å². The van der Waals surface area contributed by atoms with Gasteiger partial charge in [0.1, 0.15) is 5.82 Å². The Kier molecular flexibility index (Phi) is 4.10. The normalized spacial score (nSPS) is 12.6. The fourth-order valence-corrected chi connectivity index (χ4v) is 2.11. The maximum absolute atomic E-state index is 13.8. The van der Waals surface area contributed by atoms with Crippen molar-refractivity contribution in [3.8, 4) is 0 Å². The first-order valence-corrected chi connectivity index (χ1v) is 6.16. The molecule has 1 unspecified atom stereocenters. The molecule has 1 N–H and O–H groups in total. The zero-order valence-electron chi connectivity index (χ0n) is 10.7. The Hall–Kier alpha value is -1.68. The van der Waals surface area contributed by atoms with Gasteiger partial charge in [0, 0.05) is 24.8 Å². The van der Waals surface area contributed by atoms with Crippen LogP contribution in [-0.2, 0) is 13.5 Å². The number of likely N-dealkylation sites (N-methyl/N-ethyl adjacent to an activating group) is 1. The van der Waals surface area contributed by atoms with Crippen LogP contribution in [0.2, 0.25) is 0 Å². The summed E-state index contributed by atoms with van der Waals surface area (Å²) < 4.78 is 15.6. The molecule has 0 aliphatic carbocycles. The lowest BCUT2D eigenvalue weighted by molar-refractivity contribution is 0.510. The van der Waals surface area contributed by atoms with Gasteiger partial charge < -0.3 is 5.32 Å². The molecule has 1 aromatic carbocycles. The molecule has 2 rings (SSSR count). The first-order valence-electron chi connectivity index (χ1n) is 6.16. The maximum atomic E-state index is 13.8. The standard InChI is InChI=1S/C14H18FN3/c1-3-16-14(8-11-9-17-18(2)10-11)12-6-4-5-7-13(12)15/h4-7,9-10,14,16H,3,8H2,1-2H3. The van der Waals surface area contributed by atoms with Crippen LogP contribution in [0.4, 0.5) is 4.39 Å². The summed E-state index contributed by atoms with van der Waals surface area (Å²) in [5.74, 6) is -0.160. The number of nitrogens with zero attached hydrogens (tertiary/aromatic N) is 2. The minimum absolute atomic E-state index is 0.0135. The highest BCUT2D eigenvalue weighted by atomic mass is 19.1. The number of aryl methyl sites for hydroxylation is 1. The second kappa shape index (κ2) is 5.78. The summed E-state index contributed by atoms with van der Waals surface area (Å²) in [7, 11) is 1.88. The zero-order chi connectivity index (χ0) is 13.0. The number of halogens is 1. The minimum Gasteiger partial charge on any atom is -0.310 e. The van der Waals surface area contributed by atoms with Gasteiger partial charge in [-0.2, -0.15) is 5.10 Å². The van der Waals surface area contributed by atoms with Gasteiger partial charge in [0.2, 0.25) is 0 Å². The summed E-state index contributed by atoms with van der Waals surface area (Å²) in [4.78, 5) is 0. The van der Waals surface area contributed by atoms with Crippen LogP contribution in [-0.4, -0.2) is 16.3 Å². The highest BCUT2D eigenvalue weighted by Crippen LogP contribution is 2.20. The molecule has 0 bridgehead atoms. The molecule has 0 saturated heterocycles. The molecule has 18 heavy (non-hydrogen) atoms. The van der Waals surface area contributed by atoms with Crippen LogP contribution in [0.1, 0.15) is 24.1 Å². The van der Waals surface area contributed by atoms with Crippen molar-refractivity contribution >= 4 is 0 Å². The topological polar surface area (TPSA) is 29.9 Å². The van der Waals surface area contributed by atoms with E-state index in [0.29, 0.717) is 5.56 Å². The quantitative estimate of drug-likeness (QED) is 0.879. The predicted molar refractivity (Wildman–Crippen MR) is 69.7 cm³/mol. The molecule has 0 aliphatic rings. The molecule has 96 valence electrons. The minimum atomic E-state index is -0.160. The van der Waals surface area contributed by atoms with E-state index in [1.807, 2.05) is 38.5 Å². The summed E-state index contributed by atoms with van der Waals surface area (Å²) in [5, 5.41) is 7.46. The van der Waals surface area contributed by atoms with Crippen molar-refractivity contribution in [1.29, 1.82) is 0 Å². The lowest BCUT2D eigenvalue weighted by atomic mass is 10.00. The van der Waals surface area contributed by atoms with Crippen LogP contribution in [0, 0.1) is 5.82 Å².